The summed E-state index contributed by atoms with van der Waals surface area (Å²) in [6.45, 7) is 16.5. The average Bonchev–Trinajstić information content (AvgIpc) is 2.72. The molecule has 1 unspecified atom stereocenters. The summed E-state index contributed by atoms with van der Waals surface area (Å²) in [5.41, 5.74) is 10.8. The van der Waals surface area contributed by atoms with Crippen molar-refractivity contribution in [3.8, 4) is 0 Å². The maximum Gasteiger partial charge on any atom is 0.120 e. The van der Waals surface area contributed by atoms with Crippen LogP contribution in [-0.4, -0.2) is 43.5 Å². The van der Waals surface area contributed by atoms with Crippen LogP contribution in [0.5, 0.6) is 0 Å². The smallest absolute Gasteiger partial charge is 0.120 e. The molecule has 4 N–H and O–H groups in total. The van der Waals surface area contributed by atoms with Crippen molar-refractivity contribution in [1.82, 2.24) is 15.5 Å². The van der Waals surface area contributed by atoms with Crippen molar-refractivity contribution >= 4 is 5.84 Å². The third kappa shape index (κ3) is 7.94. The molecule has 1 heterocycles. The fourth-order valence-corrected chi connectivity index (χ4v) is 3.60. The topological polar surface area (TPSA) is 65.7 Å². The summed E-state index contributed by atoms with van der Waals surface area (Å²) in [6, 6.07) is 8.80. The number of fused-ring (bicyclic) bond motifs is 1. The van der Waals surface area contributed by atoms with Gasteiger partial charge in [-0.25, -0.2) is 0 Å². The first-order valence-electron chi connectivity index (χ1n) is 11.0. The Morgan fingerprint density at radius 1 is 1.28 bits per heavy atom. The zero-order valence-electron chi connectivity index (χ0n) is 18.5. The van der Waals surface area contributed by atoms with E-state index in [1.54, 1.807) is 0 Å². The Bertz CT molecular complexity index is 707. The van der Waals surface area contributed by atoms with Crippen LogP contribution >= 0.6 is 0 Å². The zero-order chi connectivity index (χ0) is 21.1. The largest absolute Gasteiger partial charge is 0.384 e. The van der Waals surface area contributed by atoms with Crippen LogP contribution in [-0.2, 0) is 13.0 Å². The average molecular weight is 398 g/mol. The predicted molar refractivity (Wildman–Crippen MR) is 125 cm³/mol. The van der Waals surface area contributed by atoms with Gasteiger partial charge in [-0.2, -0.15) is 0 Å². The summed E-state index contributed by atoms with van der Waals surface area (Å²) in [7, 11) is 0. The molecule has 1 aromatic carbocycles. The molecule has 0 saturated carbocycles. The van der Waals surface area contributed by atoms with Crippen LogP contribution in [0.25, 0.3) is 0 Å². The number of likely N-dealkylation sites (N-methyl/N-ethyl adjacent to an activating group) is 1. The Kier molecular flexibility index (Phi) is 9.78. The molecule has 0 spiro atoms. The Morgan fingerprint density at radius 3 is 2.76 bits per heavy atom. The first-order valence-corrected chi connectivity index (χ1v) is 11.0. The van der Waals surface area contributed by atoms with Gasteiger partial charge in [0.2, 0.25) is 0 Å². The van der Waals surface area contributed by atoms with Crippen molar-refractivity contribution in [3.05, 3.63) is 59.4 Å². The third-order valence-electron chi connectivity index (χ3n) is 5.23. The molecule has 2 rings (SSSR count). The molecule has 0 fully saturated rings. The quantitative estimate of drug-likeness (QED) is 0.219. The maximum absolute atomic E-state index is 6.06. The van der Waals surface area contributed by atoms with Crippen molar-refractivity contribution in [2.75, 3.05) is 32.7 Å². The van der Waals surface area contributed by atoms with Crippen LogP contribution in [0, 0.1) is 5.92 Å². The molecule has 0 aliphatic carbocycles. The lowest BCUT2D eigenvalue weighted by molar-refractivity contribution is 0.219. The van der Waals surface area contributed by atoms with Crippen LogP contribution in [0.1, 0.15) is 44.7 Å². The summed E-state index contributed by atoms with van der Waals surface area (Å²) in [6.07, 6.45) is 5.21. The highest BCUT2D eigenvalue weighted by atomic mass is 15.1. The third-order valence-corrected chi connectivity index (χ3v) is 5.23. The maximum atomic E-state index is 6.06. The summed E-state index contributed by atoms with van der Waals surface area (Å²) in [5, 5.41) is 6.83. The molecule has 0 radical (unpaired) electrons. The van der Waals surface area contributed by atoms with Gasteiger partial charge in [0.25, 0.3) is 0 Å². The van der Waals surface area contributed by atoms with Gasteiger partial charge in [0.15, 0.2) is 0 Å². The molecule has 29 heavy (non-hydrogen) atoms. The number of rotatable bonds is 12. The first-order chi connectivity index (χ1) is 14.0. The summed E-state index contributed by atoms with van der Waals surface area (Å²) in [4.78, 5) is 6.96. The lowest BCUT2D eigenvalue weighted by Crippen LogP contribution is -2.37. The van der Waals surface area contributed by atoms with Crippen LogP contribution < -0.4 is 16.4 Å². The van der Waals surface area contributed by atoms with Crippen molar-refractivity contribution in [1.29, 1.82) is 0 Å². The van der Waals surface area contributed by atoms with Gasteiger partial charge in [-0.05, 0) is 36.8 Å². The number of benzene rings is 1. The van der Waals surface area contributed by atoms with E-state index in [4.69, 9.17) is 5.73 Å². The van der Waals surface area contributed by atoms with E-state index < -0.39 is 0 Å². The minimum absolute atomic E-state index is 0.524. The van der Waals surface area contributed by atoms with E-state index in [0.29, 0.717) is 11.8 Å². The van der Waals surface area contributed by atoms with Crippen molar-refractivity contribution in [3.63, 3.8) is 0 Å². The van der Waals surface area contributed by atoms with Crippen LogP contribution in [0.2, 0.25) is 0 Å². The number of nitrogens with zero attached hydrogens (tertiary/aromatic N) is 2. The molecule has 1 aliphatic rings. The SMILES string of the molecule is C=C(NCC(C)CN1CCc2ccccc2C1)C(=CC(N)=NCCCC)NCC. The number of hydrogen-bond donors (Lipinski definition) is 3. The van der Waals surface area contributed by atoms with Gasteiger partial charge in [0, 0.05) is 45.3 Å². The molecule has 0 saturated heterocycles. The van der Waals surface area contributed by atoms with E-state index in [1.807, 2.05) is 6.08 Å². The molecular formula is C24H39N5. The summed E-state index contributed by atoms with van der Waals surface area (Å²) < 4.78 is 0. The van der Waals surface area contributed by atoms with Crippen molar-refractivity contribution in [2.24, 2.45) is 16.6 Å². The van der Waals surface area contributed by atoms with Gasteiger partial charge in [-0.3, -0.25) is 9.89 Å². The van der Waals surface area contributed by atoms with Gasteiger partial charge >= 0.3 is 0 Å². The van der Waals surface area contributed by atoms with Gasteiger partial charge < -0.3 is 16.4 Å². The number of unbranched alkanes of at least 4 members (excludes halogenated alkanes) is 1. The van der Waals surface area contributed by atoms with E-state index in [9.17, 15) is 0 Å². The second kappa shape index (κ2) is 12.3. The molecule has 1 aliphatic heterocycles. The van der Waals surface area contributed by atoms with E-state index in [0.717, 1.165) is 69.9 Å². The van der Waals surface area contributed by atoms with Gasteiger partial charge in [-0.1, -0.05) is 51.1 Å². The number of nitrogens with one attached hydrogen (secondary N) is 2. The lowest BCUT2D eigenvalue weighted by atomic mass is 9.99. The molecule has 0 bridgehead atoms. The number of hydrogen-bond acceptors (Lipinski definition) is 4. The Balaban J connectivity index is 1.83. The monoisotopic (exact) mass is 397 g/mol. The second-order valence-corrected chi connectivity index (χ2v) is 7.97. The lowest BCUT2D eigenvalue weighted by Gasteiger charge is -2.31. The Hall–Kier alpha value is -2.27. The van der Waals surface area contributed by atoms with E-state index in [2.05, 4.69) is 72.1 Å². The Morgan fingerprint density at radius 2 is 2.03 bits per heavy atom. The van der Waals surface area contributed by atoms with E-state index >= 15 is 0 Å². The highest BCUT2D eigenvalue weighted by Gasteiger charge is 2.17. The minimum atomic E-state index is 0.524. The fraction of sp³-hybridized carbons (Fsp3) is 0.542. The van der Waals surface area contributed by atoms with Gasteiger partial charge in [0.05, 0.1) is 11.4 Å². The zero-order valence-corrected chi connectivity index (χ0v) is 18.5. The van der Waals surface area contributed by atoms with Crippen LogP contribution in [0.15, 0.2) is 53.3 Å². The number of amidine groups is 1. The molecule has 5 nitrogen and oxygen atoms in total. The predicted octanol–water partition coefficient (Wildman–Crippen LogP) is 3.43. The molecule has 0 aromatic heterocycles. The molecular weight excluding hydrogens is 358 g/mol. The van der Waals surface area contributed by atoms with Gasteiger partial charge in [0.1, 0.15) is 5.84 Å². The summed E-state index contributed by atoms with van der Waals surface area (Å²) in [5.74, 6) is 1.08. The van der Waals surface area contributed by atoms with Crippen LogP contribution in [0.3, 0.4) is 0 Å². The normalized spacial score (nSPS) is 16.2. The number of aliphatic imine (C=N–C) groups is 1. The molecule has 0 amide bonds. The second-order valence-electron chi connectivity index (χ2n) is 7.97. The fourth-order valence-electron chi connectivity index (χ4n) is 3.60. The first kappa shape index (κ1) is 23.0. The van der Waals surface area contributed by atoms with E-state index in [-0.39, 0.29) is 0 Å². The van der Waals surface area contributed by atoms with Gasteiger partial charge in [-0.15, -0.1) is 0 Å². The molecule has 160 valence electrons. The van der Waals surface area contributed by atoms with Crippen LogP contribution in [0.4, 0.5) is 0 Å². The molecule has 1 atom stereocenters. The van der Waals surface area contributed by atoms with Crippen molar-refractivity contribution in [2.45, 2.75) is 46.6 Å². The highest BCUT2D eigenvalue weighted by molar-refractivity contribution is 5.92. The van der Waals surface area contributed by atoms with Crippen molar-refractivity contribution < 1.29 is 0 Å². The molecule has 5 heteroatoms. The highest BCUT2D eigenvalue weighted by Crippen LogP contribution is 2.19. The number of nitrogens with two attached hydrogens (primary N) is 1. The van der Waals surface area contributed by atoms with E-state index in [1.165, 1.54) is 11.1 Å². The summed E-state index contributed by atoms with van der Waals surface area (Å²) >= 11 is 0. The molecule has 1 aromatic rings. The Labute approximate surface area is 177 Å². The standard InChI is InChI=1S/C24H39N5/c1-5-7-13-27-24(25)15-23(26-6-2)20(4)28-16-19(3)17-29-14-12-21-10-8-9-11-22(21)18-29/h8-11,15,19,26,28H,4-7,12-14,16-18H2,1-3H3,(H2,25,27). The minimum Gasteiger partial charge on any atom is -0.384 e.